The third kappa shape index (κ3) is 12.1. The second-order valence-electron chi connectivity index (χ2n) is 10.1. The van der Waals surface area contributed by atoms with Crippen molar-refractivity contribution < 1.29 is 70.5 Å². The van der Waals surface area contributed by atoms with Gasteiger partial charge in [-0.05, 0) is 11.1 Å². The number of carbonyl (C=O) groups excluding carboxylic acids is 4. The average Bonchev–Trinajstić information content (AvgIpc) is 2.97. The molecule has 2 aromatic rings. The lowest BCUT2D eigenvalue weighted by molar-refractivity contribution is -0.290. The van der Waals surface area contributed by atoms with E-state index in [2.05, 4.69) is 0 Å². The van der Waals surface area contributed by atoms with Gasteiger partial charge < -0.3 is 37.6 Å². The Morgan fingerprint density at radius 1 is 0.696 bits per heavy atom. The molecule has 1 heterocycles. The number of ether oxygens (including phenoxy) is 5. The molecular formula is C29H36O15P2. The molecule has 1 saturated heterocycles. The van der Waals surface area contributed by atoms with Gasteiger partial charge in [-0.3, -0.25) is 32.8 Å². The molecule has 7 atom stereocenters. The Morgan fingerprint density at radius 2 is 1.17 bits per heavy atom. The van der Waals surface area contributed by atoms with Crippen molar-refractivity contribution in [3.63, 3.8) is 0 Å². The second-order valence-corrected chi connectivity index (χ2v) is 14.4. The van der Waals surface area contributed by atoms with Crippen molar-refractivity contribution in [1.29, 1.82) is 0 Å². The maximum absolute atomic E-state index is 14.3. The van der Waals surface area contributed by atoms with Crippen LogP contribution in [0.4, 0.5) is 0 Å². The number of hydrogen-bond acceptors (Lipinski definition) is 14. The van der Waals surface area contributed by atoms with Crippen LogP contribution in [-0.4, -0.2) is 72.0 Å². The first-order valence-corrected chi connectivity index (χ1v) is 17.4. The number of esters is 4. The third-order valence-corrected chi connectivity index (χ3v) is 10.5. The number of hydrogen-bond donors (Lipinski definition) is 1. The smallest absolute Gasteiger partial charge is 0.345 e. The van der Waals surface area contributed by atoms with Crippen LogP contribution in [0, 0.1) is 0 Å². The minimum atomic E-state index is -4.76. The minimum Gasteiger partial charge on any atom is -0.463 e. The summed E-state index contributed by atoms with van der Waals surface area (Å²) in [6, 6.07) is 16.8. The van der Waals surface area contributed by atoms with Gasteiger partial charge in [-0.2, -0.15) is 0 Å². The normalized spacial score (nSPS) is 23.6. The van der Waals surface area contributed by atoms with Gasteiger partial charge in [-0.1, -0.05) is 60.7 Å². The first kappa shape index (κ1) is 37.0. The number of carbonyl (C=O) groups is 4. The van der Waals surface area contributed by atoms with Crippen LogP contribution in [-0.2, 0) is 78.8 Å². The van der Waals surface area contributed by atoms with E-state index in [1.165, 1.54) is 0 Å². The van der Waals surface area contributed by atoms with E-state index in [0.29, 0.717) is 11.1 Å². The Labute approximate surface area is 265 Å². The first-order valence-electron chi connectivity index (χ1n) is 13.9. The standard InChI is InChI=1S/C29H36O15P2/c1-19(30)37-17-25-26(40-20(2)31)27(41-21(3)32)28(42-22(4)33)29(43-25)44-46(36,39-16-24-13-9-6-10-14-24)18-45(34,35)38-15-23-11-7-5-8-12-23/h5-14,25-29H,15-18H2,1-4H3,(H,34,35)/t25?,26-,27?,28?,29+,46?/m1/s1. The molecule has 17 heteroatoms. The summed E-state index contributed by atoms with van der Waals surface area (Å²) in [5, 5.41) is 0. The van der Waals surface area contributed by atoms with Crippen molar-refractivity contribution in [2.45, 2.75) is 71.6 Å². The third-order valence-electron chi connectivity index (χ3n) is 6.11. The van der Waals surface area contributed by atoms with Gasteiger partial charge in [0, 0.05) is 27.7 Å². The molecule has 0 amide bonds. The Kier molecular flexibility index (Phi) is 13.6. The lowest BCUT2D eigenvalue weighted by Gasteiger charge is -2.44. The highest BCUT2D eigenvalue weighted by Crippen LogP contribution is 2.63. The van der Waals surface area contributed by atoms with Crippen molar-refractivity contribution >= 4 is 39.1 Å². The summed E-state index contributed by atoms with van der Waals surface area (Å²) in [4.78, 5) is 58.7. The van der Waals surface area contributed by atoms with Gasteiger partial charge in [0.05, 0.1) is 13.2 Å². The topological polar surface area (TPSA) is 196 Å². The Morgan fingerprint density at radius 3 is 1.67 bits per heavy atom. The van der Waals surface area contributed by atoms with E-state index in [9.17, 15) is 33.2 Å². The van der Waals surface area contributed by atoms with E-state index < -0.39 is 82.3 Å². The fourth-order valence-electron chi connectivity index (χ4n) is 4.29. The molecule has 3 rings (SSSR count). The van der Waals surface area contributed by atoms with Gasteiger partial charge in [0.15, 0.2) is 24.2 Å². The Hall–Kier alpha value is -3.42. The van der Waals surface area contributed by atoms with Crippen molar-refractivity contribution in [1.82, 2.24) is 0 Å². The van der Waals surface area contributed by atoms with Crippen LogP contribution in [0.5, 0.6) is 0 Å². The van der Waals surface area contributed by atoms with Gasteiger partial charge in [0.1, 0.15) is 12.7 Å². The van der Waals surface area contributed by atoms with Crippen LogP contribution in [0.15, 0.2) is 60.7 Å². The fourth-order valence-corrected chi connectivity index (χ4v) is 8.21. The molecule has 0 spiro atoms. The summed E-state index contributed by atoms with van der Waals surface area (Å²) in [6.45, 7) is 2.94. The van der Waals surface area contributed by atoms with Gasteiger partial charge in [0.25, 0.3) is 0 Å². The van der Waals surface area contributed by atoms with Crippen molar-refractivity contribution in [2.75, 3.05) is 12.5 Å². The van der Waals surface area contributed by atoms with Crippen LogP contribution in [0.2, 0.25) is 0 Å². The molecule has 2 aromatic carbocycles. The lowest BCUT2D eigenvalue weighted by atomic mass is 9.98. The van der Waals surface area contributed by atoms with Crippen molar-refractivity contribution in [3.05, 3.63) is 71.8 Å². The predicted molar refractivity (Wildman–Crippen MR) is 158 cm³/mol. The quantitative estimate of drug-likeness (QED) is 0.161. The molecule has 15 nitrogen and oxygen atoms in total. The molecule has 1 fully saturated rings. The van der Waals surface area contributed by atoms with E-state index in [1.54, 1.807) is 60.7 Å². The molecule has 252 valence electrons. The largest absolute Gasteiger partial charge is 0.463 e. The number of benzene rings is 2. The molecule has 0 aromatic heterocycles. The molecule has 0 radical (unpaired) electrons. The van der Waals surface area contributed by atoms with E-state index >= 15 is 0 Å². The van der Waals surface area contributed by atoms with E-state index in [-0.39, 0.29) is 13.2 Å². The van der Waals surface area contributed by atoms with Crippen molar-refractivity contribution in [3.8, 4) is 0 Å². The zero-order valence-corrected chi connectivity index (χ0v) is 27.3. The molecule has 1 aliphatic heterocycles. The molecule has 0 aliphatic carbocycles. The highest BCUT2D eigenvalue weighted by molar-refractivity contribution is 7.70. The number of rotatable bonds is 15. The summed E-state index contributed by atoms with van der Waals surface area (Å²) in [7, 11) is -9.49. The van der Waals surface area contributed by atoms with Crippen LogP contribution >= 0.6 is 15.2 Å². The highest BCUT2D eigenvalue weighted by atomic mass is 31.2. The van der Waals surface area contributed by atoms with Crippen LogP contribution < -0.4 is 0 Å². The average molecular weight is 687 g/mol. The molecule has 1 aliphatic rings. The Bertz CT molecular complexity index is 1430. The minimum absolute atomic E-state index is 0.313. The molecule has 1 N–H and O–H groups in total. The monoisotopic (exact) mass is 686 g/mol. The first-order chi connectivity index (χ1) is 21.7. The zero-order chi connectivity index (χ0) is 33.9. The molecule has 0 bridgehead atoms. The lowest BCUT2D eigenvalue weighted by Crippen LogP contribution is -2.62. The summed E-state index contributed by atoms with van der Waals surface area (Å²) < 4.78 is 71.1. The van der Waals surface area contributed by atoms with E-state index in [0.717, 1.165) is 27.7 Å². The maximum Gasteiger partial charge on any atom is 0.345 e. The van der Waals surface area contributed by atoms with Crippen LogP contribution in [0.1, 0.15) is 38.8 Å². The van der Waals surface area contributed by atoms with Gasteiger partial charge in [0.2, 0.25) is 6.29 Å². The molecule has 0 saturated carbocycles. The highest BCUT2D eigenvalue weighted by Gasteiger charge is 2.55. The van der Waals surface area contributed by atoms with Crippen molar-refractivity contribution in [2.24, 2.45) is 0 Å². The molecular weight excluding hydrogens is 650 g/mol. The van der Waals surface area contributed by atoms with Crippen LogP contribution in [0.3, 0.4) is 0 Å². The Balaban J connectivity index is 2.00. The van der Waals surface area contributed by atoms with E-state index in [1.807, 2.05) is 0 Å². The second kappa shape index (κ2) is 16.9. The van der Waals surface area contributed by atoms with Crippen LogP contribution in [0.25, 0.3) is 0 Å². The summed E-state index contributed by atoms with van der Waals surface area (Å²) in [6.07, 6.45) is -8.26. The zero-order valence-electron chi connectivity index (χ0n) is 25.5. The molecule has 5 unspecified atom stereocenters. The van der Waals surface area contributed by atoms with E-state index in [4.69, 9.17) is 37.3 Å². The summed E-state index contributed by atoms with van der Waals surface area (Å²) in [5.74, 6) is -4.61. The van der Waals surface area contributed by atoms with Gasteiger partial charge in [-0.25, -0.2) is 0 Å². The van der Waals surface area contributed by atoms with Gasteiger partial charge >= 0.3 is 39.1 Å². The predicted octanol–water partition coefficient (Wildman–Crippen LogP) is 3.86. The summed E-state index contributed by atoms with van der Waals surface area (Å²) >= 11 is 0. The SMILES string of the molecule is CC(=O)OCC1O[C@@H](OP(=O)(CP(=O)(O)OCc2ccccc2)OCc2ccccc2)C(OC(C)=O)C(OC(C)=O)[C@@H]1OC(C)=O. The van der Waals surface area contributed by atoms with Gasteiger partial charge in [-0.15, -0.1) is 0 Å². The molecule has 46 heavy (non-hydrogen) atoms. The maximum atomic E-state index is 14.3. The fraction of sp³-hybridized carbons (Fsp3) is 0.448. The summed E-state index contributed by atoms with van der Waals surface area (Å²) in [5.41, 5.74) is 1.07.